The highest BCUT2D eigenvalue weighted by atomic mass is 35.5. The number of allylic oxidation sites excluding steroid dienone is 1. The molecule has 1 nitrogen and oxygen atoms in total. The number of halogens is 1. The van der Waals surface area contributed by atoms with Crippen molar-refractivity contribution in [3.8, 4) is 5.75 Å². The second-order valence-corrected chi connectivity index (χ2v) is 4.31. The second kappa shape index (κ2) is 6.59. The summed E-state index contributed by atoms with van der Waals surface area (Å²) in [5.74, 6) is 1.61. The minimum atomic E-state index is 0.645. The van der Waals surface area contributed by atoms with Gasteiger partial charge in [-0.2, -0.15) is 0 Å². The first kappa shape index (κ1) is 13.1. The zero-order valence-corrected chi connectivity index (χ0v) is 10.8. The van der Waals surface area contributed by atoms with Gasteiger partial charge in [0.1, 0.15) is 5.75 Å². The van der Waals surface area contributed by atoms with Crippen molar-refractivity contribution in [2.45, 2.75) is 26.7 Å². The van der Waals surface area contributed by atoms with E-state index in [2.05, 4.69) is 32.6 Å². The molecule has 0 aliphatic carbocycles. The molecule has 0 atom stereocenters. The largest absolute Gasteiger partial charge is 0.493 e. The summed E-state index contributed by atoms with van der Waals surface area (Å²) in [5.41, 5.74) is 3.75. The zero-order valence-electron chi connectivity index (χ0n) is 10.1. The van der Waals surface area contributed by atoms with Gasteiger partial charge in [-0.25, -0.2) is 0 Å². The molecule has 0 radical (unpaired) electrons. The van der Waals surface area contributed by atoms with Crippen LogP contribution < -0.4 is 4.74 Å². The molecular formula is C14H19ClO. The minimum absolute atomic E-state index is 0.645. The molecule has 0 saturated carbocycles. The van der Waals surface area contributed by atoms with Gasteiger partial charge in [0.25, 0.3) is 0 Å². The Bertz CT molecular complexity index is 358. The summed E-state index contributed by atoms with van der Waals surface area (Å²) in [5, 5.41) is 0. The molecule has 0 N–H and O–H groups in total. The third-order valence-corrected chi connectivity index (χ3v) is 2.80. The predicted octanol–water partition coefficient (Wildman–Crippen LogP) is 4.04. The summed E-state index contributed by atoms with van der Waals surface area (Å²) in [6, 6.07) is 4.27. The van der Waals surface area contributed by atoms with Crippen molar-refractivity contribution in [1.29, 1.82) is 0 Å². The summed E-state index contributed by atoms with van der Waals surface area (Å²) >= 11 is 5.61. The molecule has 16 heavy (non-hydrogen) atoms. The van der Waals surface area contributed by atoms with Gasteiger partial charge in [-0.15, -0.1) is 18.2 Å². The fourth-order valence-corrected chi connectivity index (χ4v) is 1.73. The van der Waals surface area contributed by atoms with Crippen LogP contribution in [0.5, 0.6) is 5.75 Å². The Morgan fingerprint density at radius 1 is 1.31 bits per heavy atom. The number of rotatable bonds is 6. The highest BCUT2D eigenvalue weighted by Crippen LogP contribution is 2.23. The first-order valence-corrected chi connectivity index (χ1v) is 6.12. The van der Waals surface area contributed by atoms with E-state index in [4.69, 9.17) is 16.3 Å². The van der Waals surface area contributed by atoms with Gasteiger partial charge in [0, 0.05) is 5.88 Å². The Morgan fingerprint density at radius 3 is 2.69 bits per heavy atom. The Balaban J connectivity index is 2.79. The van der Waals surface area contributed by atoms with E-state index in [-0.39, 0.29) is 0 Å². The minimum Gasteiger partial charge on any atom is -0.493 e. The highest BCUT2D eigenvalue weighted by molar-refractivity contribution is 6.17. The maximum Gasteiger partial charge on any atom is 0.122 e. The van der Waals surface area contributed by atoms with Crippen molar-refractivity contribution in [3.05, 3.63) is 41.5 Å². The summed E-state index contributed by atoms with van der Waals surface area (Å²) in [6.45, 7) is 8.62. The lowest BCUT2D eigenvalue weighted by atomic mass is 10.0. The number of alkyl halides is 1. The molecule has 0 spiro atoms. The quantitative estimate of drug-likeness (QED) is 0.413. The number of aryl methyl sites for hydroxylation is 2. The zero-order chi connectivity index (χ0) is 12.0. The van der Waals surface area contributed by atoms with Crippen molar-refractivity contribution < 1.29 is 4.74 Å². The van der Waals surface area contributed by atoms with Crippen LogP contribution >= 0.6 is 11.6 Å². The van der Waals surface area contributed by atoms with Crippen LogP contribution in [0.25, 0.3) is 0 Å². The molecule has 1 aromatic rings. The van der Waals surface area contributed by atoms with Crippen LogP contribution in [0.2, 0.25) is 0 Å². The van der Waals surface area contributed by atoms with Crippen LogP contribution in [0, 0.1) is 13.8 Å². The molecule has 1 rings (SSSR count). The molecule has 88 valence electrons. The van der Waals surface area contributed by atoms with E-state index in [9.17, 15) is 0 Å². The standard InChI is InChI=1S/C14H19ClO/c1-4-6-13-9-12(3)14(10-11(13)2)16-8-5-7-15/h4,9-10H,1,5-8H2,2-3H3. The van der Waals surface area contributed by atoms with E-state index < -0.39 is 0 Å². The molecule has 0 aromatic heterocycles. The van der Waals surface area contributed by atoms with Crippen LogP contribution in [0.1, 0.15) is 23.1 Å². The van der Waals surface area contributed by atoms with Crippen molar-refractivity contribution in [2.24, 2.45) is 0 Å². The lowest BCUT2D eigenvalue weighted by molar-refractivity contribution is 0.316. The summed E-state index contributed by atoms with van der Waals surface area (Å²) in [6.07, 6.45) is 3.72. The van der Waals surface area contributed by atoms with Crippen LogP contribution in [0.3, 0.4) is 0 Å². The molecule has 0 bridgehead atoms. The molecule has 0 aliphatic heterocycles. The smallest absolute Gasteiger partial charge is 0.122 e. The molecular weight excluding hydrogens is 220 g/mol. The average molecular weight is 239 g/mol. The monoisotopic (exact) mass is 238 g/mol. The molecule has 2 heteroatoms. The Labute approximate surface area is 103 Å². The van der Waals surface area contributed by atoms with Gasteiger partial charge < -0.3 is 4.74 Å². The molecule has 0 amide bonds. The van der Waals surface area contributed by atoms with Crippen molar-refractivity contribution in [2.75, 3.05) is 12.5 Å². The third-order valence-electron chi connectivity index (χ3n) is 2.53. The fraction of sp³-hybridized carbons (Fsp3) is 0.429. The fourth-order valence-electron chi connectivity index (χ4n) is 1.62. The van der Waals surface area contributed by atoms with Gasteiger partial charge in [0.15, 0.2) is 0 Å². The van der Waals surface area contributed by atoms with Gasteiger partial charge in [-0.05, 0) is 49.4 Å². The summed E-state index contributed by atoms with van der Waals surface area (Å²) < 4.78 is 5.68. The van der Waals surface area contributed by atoms with Gasteiger partial charge in [0.05, 0.1) is 6.61 Å². The average Bonchev–Trinajstić information content (AvgIpc) is 2.25. The maximum atomic E-state index is 5.68. The molecule has 0 unspecified atom stereocenters. The topological polar surface area (TPSA) is 9.23 Å². The lowest BCUT2D eigenvalue weighted by Crippen LogP contribution is -2.01. The first-order chi connectivity index (χ1) is 7.69. The van der Waals surface area contributed by atoms with Gasteiger partial charge in [0.2, 0.25) is 0 Å². The summed E-state index contributed by atoms with van der Waals surface area (Å²) in [4.78, 5) is 0. The van der Waals surface area contributed by atoms with Gasteiger partial charge in [-0.3, -0.25) is 0 Å². The molecule has 0 saturated heterocycles. The van der Waals surface area contributed by atoms with Crippen molar-refractivity contribution >= 4 is 11.6 Å². The Morgan fingerprint density at radius 2 is 2.06 bits per heavy atom. The van der Waals surface area contributed by atoms with Gasteiger partial charge in [-0.1, -0.05) is 12.1 Å². The first-order valence-electron chi connectivity index (χ1n) is 5.58. The lowest BCUT2D eigenvalue weighted by Gasteiger charge is -2.12. The number of ether oxygens (including phenoxy) is 1. The predicted molar refractivity (Wildman–Crippen MR) is 70.6 cm³/mol. The SMILES string of the molecule is C=CCc1cc(C)c(OCCCCl)cc1C. The van der Waals surface area contributed by atoms with Gasteiger partial charge >= 0.3 is 0 Å². The van der Waals surface area contributed by atoms with Crippen molar-refractivity contribution in [3.63, 3.8) is 0 Å². The van der Waals surface area contributed by atoms with E-state index in [1.807, 2.05) is 6.08 Å². The van der Waals surface area contributed by atoms with E-state index in [0.29, 0.717) is 12.5 Å². The highest BCUT2D eigenvalue weighted by Gasteiger charge is 2.04. The molecule has 0 fully saturated rings. The Hall–Kier alpha value is -0.950. The molecule has 0 aliphatic rings. The van der Waals surface area contributed by atoms with Crippen LogP contribution in [0.4, 0.5) is 0 Å². The normalized spacial score (nSPS) is 10.2. The number of benzene rings is 1. The third kappa shape index (κ3) is 3.57. The van der Waals surface area contributed by atoms with E-state index >= 15 is 0 Å². The summed E-state index contributed by atoms with van der Waals surface area (Å²) in [7, 11) is 0. The van der Waals surface area contributed by atoms with Crippen LogP contribution in [0.15, 0.2) is 24.8 Å². The number of hydrogen-bond acceptors (Lipinski definition) is 1. The van der Waals surface area contributed by atoms with E-state index in [0.717, 1.165) is 18.6 Å². The Kier molecular flexibility index (Phi) is 5.41. The maximum absolute atomic E-state index is 5.68. The van der Waals surface area contributed by atoms with E-state index in [1.54, 1.807) is 0 Å². The van der Waals surface area contributed by atoms with Crippen LogP contribution in [-0.4, -0.2) is 12.5 Å². The van der Waals surface area contributed by atoms with E-state index in [1.165, 1.54) is 16.7 Å². The second-order valence-electron chi connectivity index (χ2n) is 3.93. The molecule has 0 heterocycles. The van der Waals surface area contributed by atoms with Crippen molar-refractivity contribution in [1.82, 2.24) is 0 Å². The molecule has 1 aromatic carbocycles. The number of hydrogen-bond donors (Lipinski definition) is 0. The van der Waals surface area contributed by atoms with Crippen LogP contribution in [-0.2, 0) is 6.42 Å².